The summed E-state index contributed by atoms with van der Waals surface area (Å²) < 4.78 is 27.7. The molecule has 1 fully saturated rings. The van der Waals surface area contributed by atoms with Crippen molar-refractivity contribution in [2.75, 3.05) is 13.6 Å². The standard InChI is InChI=1S/C16H26N2O2S/c1-12-9-15(11-17-4)10-16(14(12)3)21(19,20)18-8-6-5-7-13(18)2/h9-10,13,17H,5-8,11H2,1-4H3. The quantitative estimate of drug-likeness (QED) is 0.930. The first-order chi connectivity index (χ1) is 9.87. The van der Waals surface area contributed by atoms with E-state index in [9.17, 15) is 8.42 Å². The molecule has 1 aliphatic heterocycles. The molecule has 1 atom stereocenters. The zero-order valence-corrected chi connectivity index (χ0v) is 14.3. The van der Waals surface area contributed by atoms with Crippen LogP contribution in [0.2, 0.25) is 0 Å². The van der Waals surface area contributed by atoms with Gasteiger partial charge in [-0.1, -0.05) is 12.5 Å². The predicted octanol–water partition coefficient (Wildman–Crippen LogP) is 2.59. The third-order valence-electron chi connectivity index (χ3n) is 4.39. The number of hydrogen-bond acceptors (Lipinski definition) is 3. The third-order valence-corrected chi connectivity index (χ3v) is 6.53. The van der Waals surface area contributed by atoms with Crippen molar-refractivity contribution in [3.63, 3.8) is 0 Å². The summed E-state index contributed by atoms with van der Waals surface area (Å²) in [5, 5.41) is 3.09. The van der Waals surface area contributed by atoms with Gasteiger partial charge in [0.1, 0.15) is 0 Å². The minimum atomic E-state index is -3.40. The summed E-state index contributed by atoms with van der Waals surface area (Å²) in [5.74, 6) is 0. The van der Waals surface area contributed by atoms with Crippen LogP contribution < -0.4 is 5.32 Å². The average Bonchev–Trinajstić information content (AvgIpc) is 2.43. The van der Waals surface area contributed by atoms with Crippen LogP contribution in [0.4, 0.5) is 0 Å². The maximum atomic E-state index is 13.0. The van der Waals surface area contributed by atoms with E-state index >= 15 is 0 Å². The fourth-order valence-corrected chi connectivity index (χ4v) is 5.08. The van der Waals surface area contributed by atoms with Gasteiger partial charge in [-0.05, 0) is 63.4 Å². The Hall–Kier alpha value is -0.910. The fourth-order valence-electron chi connectivity index (χ4n) is 3.03. The summed E-state index contributed by atoms with van der Waals surface area (Å²) in [4.78, 5) is 0.474. The lowest BCUT2D eigenvalue weighted by Crippen LogP contribution is -2.42. The lowest BCUT2D eigenvalue weighted by Gasteiger charge is -2.33. The van der Waals surface area contributed by atoms with Gasteiger partial charge in [-0.2, -0.15) is 4.31 Å². The Kier molecular flexibility index (Phi) is 5.07. The molecule has 5 heteroatoms. The van der Waals surface area contributed by atoms with Crippen LogP contribution in [0.25, 0.3) is 0 Å². The van der Waals surface area contributed by atoms with E-state index in [1.165, 1.54) is 0 Å². The number of rotatable bonds is 4. The van der Waals surface area contributed by atoms with Crippen LogP contribution in [0.1, 0.15) is 42.9 Å². The van der Waals surface area contributed by atoms with Crippen molar-refractivity contribution < 1.29 is 8.42 Å². The van der Waals surface area contributed by atoms with E-state index in [1.807, 2.05) is 33.9 Å². The summed E-state index contributed by atoms with van der Waals surface area (Å²) in [5.41, 5.74) is 2.92. The molecule has 0 radical (unpaired) electrons. The molecule has 0 saturated carbocycles. The minimum Gasteiger partial charge on any atom is -0.316 e. The summed E-state index contributed by atoms with van der Waals surface area (Å²) >= 11 is 0. The zero-order chi connectivity index (χ0) is 15.6. The fraction of sp³-hybridized carbons (Fsp3) is 0.625. The van der Waals surface area contributed by atoms with E-state index in [2.05, 4.69) is 11.4 Å². The third kappa shape index (κ3) is 3.30. The van der Waals surface area contributed by atoms with E-state index < -0.39 is 10.0 Å². The molecular weight excluding hydrogens is 284 g/mol. The molecule has 2 rings (SSSR count). The summed E-state index contributed by atoms with van der Waals surface area (Å²) in [6.45, 7) is 7.21. The van der Waals surface area contributed by atoms with E-state index in [0.717, 1.165) is 36.0 Å². The summed E-state index contributed by atoms with van der Waals surface area (Å²) in [6.07, 6.45) is 3.02. The monoisotopic (exact) mass is 310 g/mol. The van der Waals surface area contributed by atoms with E-state index in [-0.39, 0.29) is 6.04 Å². The van der Waals surface area contributed by atoms with Gasteiger partial charge in [0.25, 0.3) is 0 Å². The van der Waals surface area contributed by atoms with Gasteiger partial charge in [-0.25, -0.2) is 8.42 Å². The van der Waals surface area contributed by atoms with Crippen molar-refractivity contribution in [3.8, 4) is 0 Å². The SMILES string of the molecule is CNCc1cc(C)c(C)c(S(=O)(=O)N2CCCCC2C)c1. The maximum absolute atomic E-state index is 13.0. The Morgan fingerprint density at radius 3 is 2.62 bits per heavy atom. The number of piperidine rings is 1. The number of benzene rings is 1. The van der Waals surface area contributed by atoms with E-state index in [0.29, 0.717) is 18.0 Å². The normalized spacial score (nSPS) is 20.7. The Morgan fingerprint density at radius 2 is 2.00 bits per heavy atom. The Labute approximate surface area is 128 Å². The lowest BCUT2D eigenvalue weighted by atomic mass is 10.1. The molecule has 0 spiro atoms. The smallest absolute Gasteiger partial charge is 0.243 e. The molecule has 1 aliphatic rings. The van der Waals surface area contributed by atoms with Gasteiger partial charge in [-0.3, -0.25) is 0 Å². The van der Waals surface area contributed by atoms with Gasteiger partial charge in [0.05, 0.1) is 4.90 Å². The number of hydrogen-bond donors (Lipinski definition) is 1. The van der Waals surface area contributed by atoms with Gasteiger partial charge in [0.2, 0.25) is 10.0 Å². The van der Waals surface area contributed by atoms with Crippen molar-refractivity contribution in [3.05, 3.63) is 28.8 Å². The first kappa shape index (κ1) is 16.5. The highest BCUT2D eigenvalue weighted by atomic mass is 32.2. The number of sulfonamides is 1. The van der Waals surface area contributed by atoms with Gasteiger partial charge >= 0.3 is 0 Å². The second-order valence-corrected chi connectivity index (χ2v) is 7.89. The Balaban J connectivity index is 2.48. The van der Waals surface area contributed by atoms with Gasteiger partial charge in [-0.15, -0.1) is 0 Å². The van der Waals surface area contributed by atoms with Crippen LogP contribution in [0.3, 0.4) is 0 Å². The average molecular weight is 310 g/mol. The highest BCUT2D eigenvalue weighted by molar-refractivity contribution is 7.89. The van der Waals surface area contributed by atoms with Crippen molar-refractivity contribution in [1.82, 2.24) is 9.62 Å². The van der Waals surface area contributed by atoms with Crippen LogP contribution in [0.5, 0.6) is 0 Å². The Morgan fingerprint density at radius 1 is 1.29 bits per heavy atom. The molecule has 0 amide bonds. The van der Waals surface area contributed by atoms with Crippen LogP contribution in [-0.4, -0.2) is 32.4 Å². The van der Waals surface area contributed by atoms with Crippen molar-refractivity contribution in [1.29, 1.82) is 0 Å². The van der Waals surface area contributed by atoms with Crippen LogP contribution >= 0.6 is 0 Å². The highest BCUT2D eigenvalue weighted by Crippen LogP contribution is 2.29. The lowest BCUT2D eigenvalue weighted by molar-refractivity contribution is 0.268. The molecule has 1 unspecified atom stereocenters. The second kappa shape index (κ2) is 6.46. The number of nitrogens with zero attached hydrogens (tertiary/aromatic N) is 1. The van der Waals surface area contributed by atoms with Crippen LogP contribution in [0, 0.1) is 13.8 Å². The van der Waals surface area contributed by atoms with Gasteiger partial charge in [0, 0.05) is 19.1 Å². The molecule has 0 bridgehead atoms. The molecule has 21 heavy (non-hydrogen) atoms. The van der Waals surface area contributed by atoms with Gasteiger partial charge in [0.15, 0.2) is 0 Å². The molecule has 1 N–H and O–H groups in total. The first-order valence-electron chi connectivity index (χ1n) is 7.64. The number of aryl methyl sites for hydroxylation is 1. The molecule has 1 saturated heterocycles. The highest BCUT2D eigenvalue weighted by Gasteiger charge is 2.32. The van der Waals surface area contributed by atoms with Crippen molar-refractivity contribution in [2.24, 2.45) is 0 Å². The van der Waals surface area contributed by atoms with Crippen molar-refractivity contribution in [2.45, 2.75) is 57.5 Å². The largest absolute Gasteiger partial charge is 0.316 e. The van der Waals surface area contributed by atoms with Gasteiger partial charge < -0.3 is 5.32 Å². The second-order valence-electron chi connectivity index (χ2n) is 6.03. The van der Waals surface area contributed by atoms with Crippen LogP contribution in [0.15, 0.2) is 17.0 Å². The minimum absolute atomic E-state index is 0.0939. The molecule has 1 heterocycles. The molecule has 4 nitrogen and oxygen atoms in total. The summed E-state index contributed by atoms with van der Waals surface area (Å²) in [7, 11) is -1.53. The topological polar surface area (TPSA) is 49.4 Å². The van der Waals surface area contributed by atoms with E-state index in [4.69, 9.17) is 0 Å². The molecule has 118 valence electrons. The van der Waals surface area contributed by atoms with Crippen LogP contribution in [-0.2, 0) is 16.6 Å². The molecule has 0 aromatic heterocycles. The van der Waals surface area contributed by atoms with E-state index in [1.54, 1.807) is 4.31 Å². The number of nitrogens with one attached hydrogen (secondary N) is 1. The molecular formula is C16H26N2O2S. The predicted molar refractivity (Wildman–Crippen MR) is 85.9 cm³/mol. The molecule has 1 aromatic carbocycles. The van der Waals surface area contributed by atoms with Crippen molar-refractivity contribution >= 4 is 10.0 Å². The molecule has 1 aromatic rings. The molecule has 0 aliphatic carbocycles. The zero-order valence-electron chi connectivity index (χ0n) is 13.4. The summed E-state index contributed by atoms with van der Waals surface area (Å²) in [6, 6.07) is 3.98. The first-order valence-corrected chi connectivity index (χ1v) is 9.08. The Bertz CT molecular complexity index is 611. The maximum Gasteiger partial charge on any atom is 0.243 e.